The van der Waals surface area contributed by atoms with E-state index in [-0.39, 0.29) is 6.10 Å². The van der Waals surface area contributed by atoms with Crippen LogP contribution in [0.25, 0.3) is 0 Å². The van der Waals surface area contributed by atoms with Gasteiger partial charge < -0.3 is 9.26 Å². The van der Waals surface area contributed by atoms with E-state index < -0.39 is 6.09 Å². The van der Waals surface area contributed by atoms with E-state index in [1.807, 2.05) is 0 Å². The highest BCUT2D eigenvalue weighted by Crippen LogP contribution is 2.18. The fraction of sp³-hybridized carbons (Fsp3) is 0.556. The lowest BCUT2D eigenvalue weighted by Crippen LogP contribution is -2.18. The number of anilines is 1. The van der Waals surface area contributed by atoms with Gasteiger partial charge in [-0.2, -0.15) is 0 Å². The number of carbonyl (C=O) groups is 1. The maximum atomic E-state index is 11.2. The molecule has 1 aromatic rings. The molecule has 5 nitrogen and oxygen atoms in total. The molecule has 0 saturated carbocycles. The summed E-state index contributed by atoms with van der Waals surface area (Å²) in [6.45, 7) is 7.05. The molecule has 1 heterocycles. The highest BCUT2D eigenvalue weighted by Gasteiger charge is 2.13. The Morgan fingerprint density at radius 1 is 1.50 bits per heavy atom. The first-order valence-corrected chi connectivity index (χ1v) is 4.41. The van der Waals surface area contributed by atoms with E-state index >= 15 is 0 Å². The molecule has 14 heavy (non-hydrogen) atoms. The van der Waals surface area contributed by atoms with Gasteiger partial charge in [-0.3, -0.25) is 5.32 Å². The molecule has 1 amide bonds. The highest BCUT2D eigenvalue weighted by molar-refractivity contribution is 5.85. The zero-order valence-corrected chi connectivity index (χ0v) is 8.75. The van der Waals surface area contributed by atoms with E-state index in [0.717, 1.165) is 0 Å². The summed E-state index contributed by atoms with van der Waals surface area (Å²) in [6, 6.07) is 0. The van der Waals surface area contributed by atoms with E-state index in [0.29, 0.717) is 17.1 Å². The number of nitrogens with one attached hydrogen (secondary N) is 1. The SMILES string of the molecule is Cc1noc(C)c1NC(=O)OC(C)C. The van der Waals surface area contributed by atoms with Crippen molar-refractivity contribution in [3.8, 4) is 0 Å². The Hall–Kier alpha value is -1.52. The van der Waals surface area contributed by atoms with E-state index in [1.165, 1.54) is 0 Å². The Morgan fingerprint density at radius 2 is 2.14 bits per heavy atom. The molecule has 0 aliphatic heterocycles. The summed E-state index contributed by atoms with van der Waals surface area (Å²) in [4.78, 5) is 11.2. The minimum atomic E-state index is -0.491. The molecule has 0 atom stereocenters. The first kappa shape index (κ1) is 10.6. The predicted octanol–water partition coefficient (Wildman–Crippen LogP) is 2.25. The minimum absolute atomic E-state index is 0.143. The van der Waals surface area contributed by atoms with Gasteiger partial charge in [-0.15, -0.1) is 0 Å². The van der Waals surface area contributed by atoms with Gasteiger partial charge in [0, 0.05) is 0 Å². The number of rotatable bonds is 2. The molecular weight excluding hydrogens is 184 g/mol. The first-order valence-electron chi connectivity index (χ1n) is 4.41. The van der Waals surface area contributed by atoms with Gasteiger partial charge in [0.1, 0.15) is 11.4 Å². The fourth-order valence-corrected chi connectivity index (χ4v) is 1.01. The molecule has 0 fully saturated rings. The minimum Gasteiger partial charge on any atom is -0.447 e. The molecule has 1 N–H and O–H groups in total. The van der Waals surface area contributed by atoms with Crippen LogP contribution in [0.2, 0.25) is 0 Å². The molecule has 0 bridgehead atoms. The van der Waals surface area contributed by atoms with E-state index in [1.54, 1.807) is 27.7 Å². The summed E-state index contributed by atoms with van der Waals surface area (Å²) >= 11 is 0. The Balaban J connectivity index is 2.64. The predicted molar refractivity (Wildman–Crippen MR) is 51.2 cm³/mol. The zero-order chi connectivity index (χ0) is 10.7. The van der Waals surface area contributed by atoms with Crippen molar-refractivity contribution in [2.75, 3.05) is 5.32 Å². The average Bonchev–Trinajstić information content (AvgIpc) is 2.34. The van der Waals surface area contributed by atoms with Crippen molar-refractivity contribution in [2.24, 2.45) is 0 Å². The van der Waals surface area contributed by atoms with Crippen molar-refractivity contribution < 1.29 is 14.1 Å². The normalized spacial score (nSPS) is 10.4. The third-order valence-electron chi connectivity index (χ3n) is 1.60. The molecule has 0 spiro atoms. The first-order chi connectivity index (χ1) is 6.50. The molecule has 1 rings (SSSR count). The maximum absolute atomic E-state index is 11.2. The zero-order valence-electron chi connectivity index (χ0n) is 8.75. The van der Waals surface area contributed by atoms with Crippen molar-refractivity contribution in [1.82, 2.24) is 5.16 Å². The molecule has 0 aliphatic carbocycles. The Bertz CT molecular complexity index is 311. The second-order valence-corrected chi connectivity index (χ2v) is 3.28. The molecule has 5 heteroatoms. The van der Waals surface area contributed by atoms with Gasteiger partial charge in [0.05, 0.1) is 6.10 Å². The van der Waals surface area contributed by atoms with Gasteiger partial charge in [-0.05, 0) is 27.7 Å². The summed E-state index contributed by atoms with van der Waals surface area (Å²) in [7, 11) is 0. The molecule has 0 aromatic carbocycles. The van der Waals surface area contributed by atoms with Gasteiger partial charge in [0.2, 0.25) is 0 Å². The van der Waals surface area contributed by atoms with Crippen LogP contribution < -0.4 is 5.32 Å². The van der Waals surface area contributed by atoms with Gasteiger partial charge >= 0.3 is 6.09 Å². The lowest BCUT2D eigenvalue weighted by Gasteiger charge is -2.08. The summed E-state index contributed by atoms with van der Waals surface area (Å²) in [5, 5.41) is 6.28. The van der Waals surface area contributed by atoms with Crippen molar-refractivity contribution >= 4 is 11.8 Å². The standard InChI is InChI=1S/C9H14N2O3/c1-5(2)13-9(12)10-8-6(3)11-14-7(8)4/h5H,1-4H3,(H,10,12). The lowest BCUT2D eigenvalue weighted by atomic mass is 10.3. The number of nitrogens with zero attached hydrogens (tertiary/aromatic N) is 1. The van der Waals surface area contributed by atoms with Gasteiger partial charge in [0.25, 0.3) is 0 Å². The third-order valence-corrected chi connectivity index (χ3v) is 1.60. The Labute approximate surface area is 82.4 Å². The van der Waals surface area contributed by atoms with Crippen LogP contribution in [0.3, 0.4) is 0 Å². The molecule has 0 aliphatic rings. The topological polar surface area (TPSA) is 64.4 Å². The van der Waals surface area contributed by atoms with Crippen molar-refractivity contribution in [2.45, 2.75) is 33.8 Å². The Kier molecular flexibility index (Phi) is 3.11. The van der Waals surface area contributed by atoms with E-state index in [4.69, 9.17) is 9.26 Å². The van der Waals surface area contributed by atoms with E-state index in [9.17, 15) is 4.79 Å². The maximum Gasteiger partial charge on any atom is 0.412 e. The summed E-state index contributed by atoms with van der Waals surface area (Å²) in [5.74, 6) is 0.572. The molecular formula is C9H14N2O3. The highest BCUT2D eigenvalue weighted by atomic mass is 16.6. The molecule has 0 saturated heterocycles. The largest absolute Gasteiger partial charge is 0.447 e. The van der Waals surface area contributed by atoms with Crippen molar-refractivity contribution in [3.63, 3.8) is 0 Å². The van der Waals surface area contributed by atoms with Crippen LogP contribution in [-0.4, -0.2) is 17.4 Å². The smallest absolute Gasteiger partial charge is 0.412 e. The summed E-state index contributed by atoms with van der Waals surface area (Å²) < 4.78 is 9.79. The number of carbonyl (C=O) groups excluding carboxylic acids is 1. The van der Waals surface area contributed by atoms with Gasteiger partial charge in [-0.1, -0.05) is 5.16 Å². The lowest BCUT2D eigenvalue weighted by molar-refractivity contribution is 0.130. The Morgan fingerprint density at radius 3 is 2.57 bits per heavy atom. The fourth-order valence-electron chi connectivity index (χ4n) is 1.01. The average molecular weight is 198 g/mol. The summed E-state index contributed by atoms with van der Waals surface area (Å²) in [5.41, 5.74) is 1.22. The second kappa shape index (κ2) is 4.13. The summed E-state index contributed by atoms with van der Waals surface area (Å²) in [6.07, 6.45) is -0.634. The van der Waals surface area contributed by atoms with Crippen LogP contribution in [0, 0.1) is 13.8 Å². The number of amides is 1. The van der Waals surface area contributed by atoms with Crippen LogP contribution in [0.1, 0.15) is 25.3 Å². The quantitative estimate of drug-likeness (QED) is 0.791. The van der Waals surface area contributed by atoms with Gasteiger partial charge in [0.15, 0.2) is 5.76 Å². The monoisotopic (exact) mass is 198 g/mol. The molecule has 0 radical (unpaired) electrons. The number of hydrogen-bond donors (Lipinski definition) is 1. The van der Waals surface area contributed by atoms with Crippen LogP contribution in [-0.2, 0) is 4.74 Å². The molecule has 0 unspecified atom stereocenters. The number of aromatic nitrogens is 1. The molecule has 78 valence electrons. The number of ether oxygens (including phenoxy) is 1. The van der Waals surface area contributed by atoms with Crippen LogP contribution >= 0.6 is 0 Å². The van der Waals surface area contributed by atoms with E-state index in [2.05, 4.69) is 10.5 Å². The number of aryl methyl sites for hydroxylation is 2. The molecule has 1 aromatic heterocycles. The van der Waals surface area contributed by atoms with Crippen LogP contribution in [0.4, 0.5) is 10.5 Å². The van der Waals surface area contributed by atoms with Crippen molar-refractivity contribution in [3.05, 3.63) is 11.5 Å². The van der Waals surface area contributed by atoms with Crippen LogP contribution in [0.15, 0.2) is 4.52 Å². The third kappa shape index (κ3) is 2.48. The van der Waals surface area contributed by atoms with Gasteiger partial charge in [-0.25, -0.2) is 4.79 Å². The number of hydrogen-bond acceptors (Lipinski definition) is 4. The second-order valence-electron chi connectivity index (χ2n) is 3.28. The van der Waals surface area contributed by atoms with Crippen LogP contribution in [0.5, 0.6) is 0 Å². The van der Waals surface area contributed by atoms with Crippen molar-refractivity contribution in [1.29, 1.82) is 0 Å².